The van der Waals surface area contributed by atoms with E-state index in [-0.39, 0.29) is 29.9 Å². The summed E-state index contributed by atoms with van der Waals surface area (Å²) in [5.74, 6) is -0.253. The summed E-state index contributed by atoms with van der Waals surface area (Å²) in [6.07, 6.45) is 9.53. The largest absolute Gasteiger partial charge is 0.344 e. The highest BCUT2D eigenvalue weighted by atomic mass is 35.5. The first kappa shape index (κ1) is 30.4. The fourth-order valence-corrected chi connectivity index (χ4v) is 5.72. The van der Waals surface area contributed by atoms with Gasteiger partial charge in [0.25, 0.3) is 5.91 Å². The zero-order valence-corrected chi connectivity index (χ0v) is 26.3. The van der Waals surface area contributed by atoms with Crippen LogP contribution in [0.4, 0.5) is 0 Å². The number of hydrogen-bond donors (Lipinski definition) is 2. The van der Waals surface area contributed by atoms with Crippen LogP contribution in [-0.2, 0) is 5.54 Å². The molecule has 4 aromatic heterocycles. The van der Waals surface area contributed by atoms with Gasteiger partial charge in [0.15, 0.2) is 5.69 Å². The minimum Gasteiger partial charge on any atom is -0.344 e. The van der Waals surface area contributed by atoms with Crippen molar-refractivity contribution < 1.29 is 4.79 Å². The molecule has 6 rings (SSSR count). The highest BCUT2D eigenvalue weighted by molar-refractivity contribution is 5.92. The van der Waals surface area contributed by atoms with Gasteiger partial charge >= 0.3 is 0 Å². The van der Waals surface area contributed by atoms with E-state index < -0.39 is 0 Å². The van der Waals surface area contributed by atoms with Crippen LogP contribution in [0.3, 0.4) is 0 Å². The third-order valence-corrected chi connectivity index (χ3v) is 8.14. The van der Waals surface area contributed by atoms with Crippen molar-refractivity contribution in [3.63, 3.8) is 0 Å². The summed E-state index contributed by atoms with van der Waals surface area (Å²) in [6, 6.07) is 8.40. The van der Waals surface area contributed by atoms with Crippen LogP contribution in [0, 0.1) is 13.8 Å². The Hall–Kier alpha value is -4.09. The highest BCUT2D eigenvalue weighted by Crippen LogP contribution is 2.32. The second kappa shape index (κ2) is 11.9. The van der Waals surface area contributed by atoms with Crippen molar-refractivity contribution in [3.8, 4) is 22.5 Å². The molecule has 5 heterocycles. The number of halogens is 1. The van der Waals surface area contributed by atoms with E-state index in [1.165, 1.54) is 0 Å². The van der Waals surface area contributed by atoms with Gasteiger partial charge in [-0.1, -0.05) is 17.3 Å². The summed E-state index contributed by atoms with van der Waals surface area (Å²) in [5.41, 5.74) is 7.86. The molecule has 2 N–H and O–H groups in total. The van der Waals surface area contributed by atoms with Gasteiger partial charge in [0, 0.05) is 16.8 Å². The molecule has 0 bridgehead atoms. The first-order valence-corrected chi connectivity index (χ1v) is 14.5. The molecule has 5 aromatic rings. The molecule has 226 valence electrons. The van der Waals surface area contributed by atoms with Crippen LogP contribution in [0.1, 0.15) is 79.9 Å². The second-order valence-electron chi connectivity index (χ2n) is 12.2. The Bertz CT molecular complexity index is 1760. The SMILES string of the molecule is Cc1cc(-c2nc(-c3cnn(C4CCNCC4)c3C)cn3nccc23)ccc1[C@@H](C)NC(=O)c1cn(C(C)(C)C)nn1.Cl. The van der Waals surface area contributed by atoms with Crippen LogP contribution in [0.15, 0.2) is 49.1 Å². The number of fused-ring (bicyclic) bond motifs is 1. The molecule has 43 heavy (non-hydrogen) atoms. The molecule has 1 fully saturated rings. The topological polar surface area (TPSA) is 120 Å². The molecule has 11 nitrogen and oxygen atoms in total. The number of hydrogen-bond acceptors (Lipinski definition) is 7. The van der Waals surface area contributed by atoms with E-state index in [1.54, 1.807) is 17.1 Å². The molecule has 0 aliphatic carbocycles. The first-order valence-electron chi connectivity index (χ1n) is 14.5. The fraction of sp³-hybridized carbons (Fsp3) is 0.419. The number of benzene rings is 1. The van der Waals surface area contributed by atoms with Crippen LogP contribution in [0.5, 0.6) is 0 Å². The smallest absolute Gasteiger partial charge is 0.273 e. The van der Waals surface area contributed by atoms with Gasteiger partial charge in [-0.2, -0.15) is 10.2 Å². The first-order chi connectivity index (χ1) is 20.1. The lowest BCUT2D eigenvalue weighted by Gasteiger charge is -2.24. The van der Waals surface area contributed by atoms with Crippen LogP contribution in [0.25, 0.3) is 28.0 Å². The highest BCUT2D eigenvalue weighted by Gasteiger charge is 2.23. The Morgan fingerprint density at radius 1 is 1.09 bits per heavy atom. The van der Waals surface area contributed by atoms with Gasteiger partial charge in [0.2, 0.25) is 0 Å². The van der Waals surface area contributed by atoms with Crippen molar-refractivity contribution in [3.05, 3.63) is 71.6 Å². The number of piperidine rings is 1. The molecule has 1 aromatic carbocycles. The second-order valence-corrected chi connectivity index (χ2v) is 12.2. The van der Waals surface area contributed by atoms with E-state index >= 15 is 0 Å². The molecular weight excluding hydrogens is 564 g/mol. The summed E-state index contributed by atoms with van der Waals surface area (Å²) in [7, 11) is 0. The van der Waals surface area contributed by atoms with E-state index in [1.807, 2.05) is 50.7 Å². The number of aryl methyl sites for hydroxylation is 1. The predicted octanol–water partition coefficient (Wildman–Crippen LogP) is 5.06. The molecule has 1 aliphatic rings. The van der Waals surface area contributed by atoms with E-state index in [4.69, 9.17) is 10.1 Å². The van der Waals surface area contributed by atoms with Gasteiger partial charge in [0.05, 0.1) is 59.3 Å². The summed E-state index contributed by atoms with van der Waals surface area (Å²) in [4.78, 5) is 18.1. The summed E-state index contributed by atoms with van der Waals surface area (Å²) >= 11 is 0. The average molecular weight is 603 g/mol. The number of rotatable bonds is 6. The molecule has 1 aliphatic heterocycles. The van der Waals surface area contributed by atoms with Crippen LogP contribution < -0.4 is 10.6 Å². The standard InChI is InChI=1S/C31H38N10O.ClH/c1-19-15-22(7-8-24(19)20(2)35-30(42)27-18-40(38-37-27)31(4,5)6)29-28-11-14-33-39(28)17-26(36-29)25-16-34-41(21(25)3)23-9-12-32-13-10-23;/h7-8,11,14-18,20,23,32H,9-10,12-13H2,1-6H3,(H,35,42);1H/t20-;/m1./s1. The van der Waals surface area contributed by atoms with E-state index in [0.29, 0.717) is 11.7 Å². The maximum atomic E-state index is 12.9. The van der Waals surface area contributed by atoms with Crippen molar-refractivity contribution >= 4 is 23.8 Å². The molecular formula is C31H39ClN10O. The third-order valence-electron chi connectivity index (χ3n) is 8.14. The summed E-state index contributed by atoms with van der Waals surface area (Å²) in [6.45, 7) is 14.2. The van der Waals surface area contributed by atoms with Crippen LogP contribution >= 0.6 is 12.4 Å². The maximum Gasteiger partial charge on any atom is 0.273 e. The third kappa shape index (κ3) is 5.92. The zero-order valence-electron chi connectivity index (χ0n) is 25.5. The maximum absolute atomic E-state index is 12.9. The van der Waals surface area contributed by atoms with Crippen molar-refractivity contribution in [2.45, 2.75) is 72.0 Å². The Morgan fingerprint density at radius 2 is 1.86 bits per heavy atom. The molecule has 1 saturated heterocycles. The molecule has 12 heteroatoms. The number of carbonyl (C=O) groups excluding carboxylic acids is 1. The Labute approximate surface area is 257 Å². The van der Waals surface area contributed by atoms with Gasteiger partial charge in [-0.25, -0.2) is 14.2 Å². The number of nitrogens with one attached hydrogen (secondary N) is 2. The monoisotopic (exact) mass is 602 g/mol. The quantitative estimate of drug-likeness (QED) is 0.279. The lowest BCUT2D eigenvalue weighted by atomic mass is 9.98. The molecule has 0 radical (unpaired) electrons. The zero-order chi connectivity index (χ0) is 29.6. The Morgan fingerprint density at radius 3 is 2.56 bits per heavy atom. The normalized spacial score (nSPS) is 14.9. The molecule has 0 spiro atoms. The summed E-state index contributed by atoms with van der Waals surface area (Å²) in [5, 5.41) is 24.0. The lowest BCUT2D eigenvalue weighted by Crippen LogP contribution is -2.30. The molecule has 0 saturated carbocycles. The van der Waals surface area contributed by atoms with E-state index in [9.17, 15) is 4.79 Å². The van der Waals surface area contributed by atoms with E-state index in [2.05, 4.69) is 62.8 Å². The van der Waals surface area contributed by atoms with Crippen molar-refractivity contribution in [1.82, 2.24) is 50.0 Å². The van der Waals surface area contributed by atoms with Crippen molar-refractivity contribution in [2.75, 3.05) is 13.1 Å². The van der Waals surface area contributed by atoms with Gasteiger partial charge in [0.1, 0.15) is 0 Å². The number of carbonyl (C=O) groups is 1. The number of nitrogens with zero attached hydrogens (tertiary/aromatic N) is 8. The molecule has 0 unspecified atom stereocenters. The van der Waals surface area contributed by atoms with Gasteiger partial charge < -0.3 is 10.6 Å². The van der Waals surface area contributed by atoms with Crippen molar-refractivity contribution in [2.24, 2.45) is 0 Å². The molecule has 1 atom stereocenters. The Kier molecular flexibility index (Phi) is 8.40. The van der Waals surface area contributed by atoms with Crippen LogP contribution in [0.2, 0.25) is 0 Å². The number of amides is 1. The lowest BCUT2D eigenvalue weighted by molar-refractivity contribution is 0.0934. The summed E-state index contributed by atoms with van der Waals surface area (Å²) < 4.78 is 5.74. The predicted molar refractivity (Wildman–Crippen MR) is 168 cm³/mol. The van der Waals surface area contributed by atoms with Gasteiger partial charge in [-0.15, -0.1) is 17.5 Å². The molecule has 1 amide bonds. The van der Waals surface area contributed by atoms with Gasteiger partial charge in [-0.05, 0) is 90.7 Å². The van der Waals surface area contributed by atoms with Gasteiger partial charge in [-0.3, -0.25) is 9.48 Å². The van der Waals surface area contributed by atoms with Crippen molar-refractivity contribution in [1.29, 1.82) is 0 Å². The van der Waals surface area contributed by atoms with Crippen LogP contribution in [-0.4, -0.2) is 58.4 Å². The minimum atomic E-state index is -0.253. The van der Waals surface area contributed by atoms with E-state index in [0.717, 1.165) is 70.8 Å². The number of aromatic nitrogens is 8. The minimum absolute atomic E-state index is 0. The fourth-order valence-electron chi connectivity index (χ4n) is 5.72. The Balaban J connectivity index is 0.00000368. The average Bonchev–Trinajstić information content (AvgIpc) is 3.72.